The molecule has 8 nitrogen and oxygen atoms in total. The Balaban J connectivity index is 2.51. The Hall–Kier alpha value is -1.65. The maximum absolute atomic E-state index is 12.0. The summed E-state index contributed by atoms with van der Waals surface area (Å²) in [5.41, 5.74) is 0.360. The molecule has 1 aromatic carbocycles. The highest BCUT2D eigenvalue weighted by Crippen LogP contribution is 2.27. The van der Waals surface area contributed by atoms with Crippen molar-refractivity contribution in [3.63, 3.8) is 0 Å². The molecule has 1 aliphatic rings. The van der Waals surface area contributed by atoms with E-state index in [4.69, 9.17) is 0 Å². The maximum Gasteiger partial charge on any atom is 0.283 e. The number of anilines is 1. The largest absolute Gasteiger partial charge is 0.370 e. The van der Waals surface area contributed by atoms with Crippen LogP contribution in [0.25, 0.3) is 0 Å². The Morgan fingerprint density at radius 2 is 2.05 bits per heavy atom. The topological polar surface area (TPSA) is 108 Å². The van der Waals surface area contributed by atoms with E-state index in [1.807, 2.05) is 0 Å². The molecule has 0 aromatic heterocycles. The lowest BCUT2D eigenvalue weighted by atomic mass is 10.3. The van der Waals surface area contributed by atoms with E-state index >= 15 is 0 Å². The van der Waals surface area contributed by atoms with Crippen LogP contribution in [0, 0.1) is 0 Å². The number of hydrogen-bond donors (Lipinski definition) is 2. The molecular formula is C10H14N4O4S2. The molecule has 10 heteroatoms. The molecule has 0 unspecified atom stereocenters. The molecule has 1 aliphatic heterocycles. The van der Waals surface area contributed by atoms with Crippen LogP contribution in [0.3, 0.4) is 0 Å². The molecule has 0 bridgehead atoms. The standard InChI is InChI=1S/C10H14N4O4S2/c1-14(2)7-13-19(15,16)8-3-4-9-10(5-8)20(17,18)12-6-11-9/h3-5,7,11-12H,6H2,1-2H3. The number of nitrogens with zero attached hydrogens (tertiary/aromatic N) is 2. The summed E-state index contributed by atoms with van der Waals surface area (Å²) >= 11 is 0. The molecule has 0 aliphatic carbocycles. The first kappa shape index (κ1) is 14.8. The average Bonchev–Trinajstić information content (AvgIpc) is 2.36. The molecule has 0 amide bonds. The summed E-state index contributed by atoms with van der Waals surface area (Å²) < 4.78 is 53.3. The highest BCUT2D eigenvalue weighted by Gasteiger charge is 2.25. The Kier molecular flexibility index (Phi) is 3.71. The maximum atomic E-state index is 12.0. The Morgan fingerprint density at radius 1 is 1.35 bits per heavy atom. The highest BCUT2D eigenvalue weighted by molar-refractivity contribution is 7.90. The van der Waals surface area contributed by atoms with Gasteiger partial charge >= 0.3 is 0 Å². The Morgan fingerprint density at radius 3 is 2.70 bits per heavy atom. The van der Waals surface area contributed by atoms with E-state index in [1.165, 1.54) is 17.0 Å². The minimum Gasteiger partial charge on any atom is -0.370 e. The molecule has 0 fully saturated rings. The van der Waals surface area contributed by atoms with Crippen LogP contribution in [-0.4, -0.2) is 48.8 Å². The molecule has 0 radical (unpaired) electrons. The van der Waals surface area contributed by atoms with E-state index in [2.05, 4.69) is 14.4 Å². The second kappa shape index (κ2) is 5.04. The van der Waals surface area contributed by atoms with Crippen molar-refractivity contribution in [1.29, 1.82) is 0 Å². The third-order valence-corrected chi connectivity index (χ3v) is 5.16. The SMILES string of the molecule is CN(C)C=NS(=O)(=O)c1ccc2c(c1)S(=O)(=O)NCN2. The van der Waals surface area contributed by atoms with Gasteiger partial charge in [0.05, 0.1) is 17.3 Å². The molecule has 110 valence electrons. The lowest BCUT2D eigenvalue weighted by Crippen LogP contribution is -2.34. The first-order valence-corrected chi connectivity index (χ1v) is 8.49. The number of rotatable bonds is 3. The van der Waals surface area contributed by atoms with Crippen molar-refractivity contribution >= 4 is 32.1 Å². The quantitative estimate of drug-likeness (QED) is 0.581. The zero-order valence-electron chi connectivity index (χ0n) is 10.9. The monoisotopic (exact) mass is 318 g/mol. The summed E-state index contributed by atoms with van der Waals surface area (Å²) in [6, 6.07) is 3.81. The van der Waals surface area contributed by atoms with E-state index in [1.54, 1.807) is 14.1 Å². The van der Waals surface area contributed by atoms with Gasteiger partial charge < -0.3 is 10.2 Å². The molecule has 2 rings (SSSR count). The van der Waals surface area contributed by atoms with Gasteiger partial charge in [0.2, 0.25) is 10.0 Å². The van der Waals surface area contributed by atoms with Crippen LogP contribution in [0.5, 0.6) is 0 Å². The van der Waals surface area contributed by atoms with Gasteiger partial charge in [0.25, 0.3) is 10.0 Å². The fourth-order valence-electron chi connectivity index (χ4n) is 1.55. The van der Waals surface area contributed by atoms with Gasteiger partial charge in [0.15, 0.2) is 0 Å². The fraction of sp³-hybridized carbons (Fsp3) is 0.300. The van der Waals surface area contributed by atoms with Crippen molar-refractivity contribution in [3.05, 3.63) is 18.2 Å². The van der Waals surface area contributed by atoms with Gasteiger partial charge in [-0.1, -0.05) is 0 Å². The number of hydrogen-bond acceptors (Lipinski definition) is 5. The molecule has 1 heterocycles. The molecule has 20 heavy (non-hydrogen) atoms. The van der Waals surface area contributed by atoms with E-state index in [-0.39, 0.29) is 16.5 Å². The molecular weight excluding hydrogens is 304 g/mol. The summed E-state index contributed by atoms with van der Waals surface area (Å²) in [5.74, 6) is 0. The summed E-state index contributed by atoms with van der Waals surface area (Å²) in [5, 5.41) is 2.82. The molecule has 0 atom stereocenters. The van der Waals surface area contributed by atoms with Gasteiger partial charge in [-0.25, -0.2) is 8.42 Å². The highest BCUT2D eigenvalue weighted by atomic mass is 32.2. The zero-order chi connectivity index (χ0) is 15.0. The molecule has 2 N–H and O–H groups in total. The minimum atomic E-state index is -3.93. The molecule has 1 aromatic rings. The van der Waals surface area contributed by atoms with Crippen LogP contribution in [0.1, 0.15) is 0 Å². The minimum absolute atomic E-state index is 0.0697. The lowest BCUT2D eigenvalue weighted by molar-refractivity contribution is 0.581. The smallest absolute Gasteiger partial charge is 0.283 e. The molecule has 0 spiro atoms. The number of benzene rings is 1. The van der Waals surface area contributed by atoms with Crippen molar-refractivity contribution in [2.24, 2.45) is 4.40 Å². The third kappa shape index (κ3) is 2.92. The van der Waals surface area contributed by atoms with Crippen molar-refractivity contribution in [2.45, 2.75) is 9.79 Å². The summed E-state index contributed by atoms with van der Waals surface area (Å²) in [6.45, 7) is 0.0697. The van der Waals surface area contributed by atoms with Gasteiger partial charge in [-0.3, -0.25) is 0 Å². The van der Waals surface area contributed by atoms with Crippen molar-refractivity contribution < 1.29 is 16.8 Å². The summed E-state index contributed by atoms with van der Waals surface area (Å²) in [4.78, 5) is 1.18. The number of nitrogens with one attached hydrogen (secondary N) is 2. The van der Waals surface area contributed by atoms with Crippen molar-refractivity contribution in [3.8, 4) is 0 Å². The van der Waals surface area contributed by atoms with Gasteiger partial charge in [-0.05, 0) is 18.2 Å². The van der Waals surface area contributed by atoms with E-state index < -0.39 is 20.0 Å². The van der Waals surface area contributed by atoms with Crippen LogP contribution in [0.15, 0.2) is 32.4 Å². The van der Waals surface area contributed by atoms with Crippen molar-refractivity contribution in [1.82, 2.24) is 9.62 Å². The van der Waals surface area contributed by atoms with E-state index in [9.17, 15) is 16.8 Å². The first-order valence-electron chi connectivity index (χ1n) is 5.57. The molecule has 0 saturated heterocycles. The summed E-state index contributed by atoms with van der Waals surface area (Å²) in [7, 11) is -4.37. The number of sulfonamides is 2. The zero-order valence-corrected chi connectivity index (χ0v) is 12.5. The van der Waals surface area contributed by atoms with Crippen molar-refractivity contribution in [2.75, 3.05) is 26.1 Å². The van der Waals surface area contributed by atoms with Crippen LogP contribution in [0.4, 0.5) is 5.69 Å². The number of fused-ring (bicyclic) bond motifs is 1. The molecule has 0 saturated carbocycles. The van der Waals surface area contributed by atoms with Crippen LogP contribution >= 0.6 is 0 Å². The van der Waals surface area contributed by atoms with Gasteiger partial charge in [0.1, 0.15) is 11.2 Å². The van der Waals surface area contributed by atoms with Crippen LogP contribution in [0.2, 0.25) is 0 Å². The normalized spacial score (nSPS) is 17.5. The van der Waals surface area contributed by atoms with Crippen LogP contribution < -0.4 is 10.0 Å². The van der Waals surface area contributed by atoms with Crippen LogP contribution in [-0.2, 0) is 20.0 Å². The Labute approximate surface area is 117 Å². The second-order valence-corrected chi connectivity index (χ2v) is 7.69. The lowest BCUT2D eigenvalue weighted by Gasteiger charge is -2.19. The predicted molar refractivity (Wildman–Crippen MR) is 74.6 cm³/mol. The Bertz CT molecular complexity index is 753. The summed E-state index contributed by atoms with van der Waals surface area (Å²) in [6.07, 6.45) is 1.14. The van der Waals surface area contributed by atoms with Gasteiger partial charge in [-0.2, -0.15) is 13.1 Å². The predicted octanol–water partition coefficient (Wildman–Crippen LogP) is -0.373. The first-order chi connectivity index (χ1) is 9.22. The second-order valence-electron chi connectivity index (χ2n) is 4.32. The fourth-order valence-corrected chi connectivity index (χ4v) is 3.70. The third-order valence-electron chi connectivity index (χ3n) is 2.50. The van der Waals surface area contributed by atoms with Gasteiger partial charge in [0, 0.05) is 14.1 Å². The average molecular weight is 318 g/mol. The van der Waals surface area contributed by atoms with E-state index in [0.29, 0.717) is 5.69 Å². The van der Waals surface area contributed by atoms with E-state index in [0.717, 1.165) is 12.4 Å². The van der Waals surface area contributed by atoms with Gasteiger partial charge in [-0.15, -0.1) is 4.40 Å².